The first-order valence-corrected chi connectivity index (χ1v) is 19.3. The van der Waals surface area contributed by atoms with E-state index in [-0.39, 0.29) is 50.0 Å². The normalized spacial score (nSPS) is 21.1. The van der Waals surface area contributed by atoms with Gasteiger partial charge in [-0.25, -0.2) is 18.0 Å². The molecule has 0 bridgehead atoms. The summed E-state index contributed by atoms with van der Waals surface area (Å²) in [5.74, 6) is -2.15. The maximum atomic E-state index is 15.9. The number of amides is 2. The number of hydrogen-bond acceptors (Lipinski definition) is 9. The molecule has 1 aliphatic carbocycles. The predicted octanol–water partition coefficient (Wildman–Crippen LogP) is 8.19. The number of urea groups is 1. The molecule has 2 aromatic carbocycles. The number of methoxy groups -OCH3 is 1. The maximum absolute atomic E-state index is 15.9. The first-order chi connectivity index (χ1) is 26.3. The van der Waals surface area contributed by atoms with Crippen molar-refractivity contribution in [3.8, 4) is 23.2 Å². The first kappa shape index (κ1) is 38.7. The number of nitrogens with two attached hydrogens (primary N) is 1. The zero-order chi connectivity index (χ0) is 39.2. The highest BCUT2D eigenvalue weighted by atomic mass is 32.1. The van der Waals surface area contributed by atoms with Crippen LogP contribution in [-0.4, -0.2) is 95.8 Å². The molecular formula is C38H42F6N8O2S. The van der Waals surface area contributed by atoms with Gasteiger partial charge in [-0.05, 0) is 76.1 Å². The summed E-state index contributed by atoms with van der Waals surface area (Å²) in [5, 5.41) is 11.8. The molecule has 2 amide bonds. The van der Waals surface area contributed by atoms with Gasteiger partial charge in [-0.3, -0.25) is 4.90 Å². The second-order valence-electron chi connectivity index (χ2n) is 14.8. The van der Waals surface area contributed by atoms with Gasteiger partial charge >= 0.3 is 18.2 Å². The Labute approximate surface area is 318 Å². The number of thiophene rings is 1. The number of hydrogen-bond donors (Lipinski definition) is 2. The molecule has 9 rings (SSSR count). The Balaban J connectivity index is 0.000000169. The van der Waals surface area contributed by atoms with Gasteiger partial charge in [0, 0.05) is 67.1 Å². The Bertz CT molecular complexity index is 2130. The molecule has 2 aromatic heterocycles. The van der Waals surface area contributed by atoms with Gasteiger partial charge in [0.05, 0.1) is 22.9 Å². The fourth-order valence-electron chi connectivity index (χ4n) is 8.12. The van der Waals surface area contributed by atoms with Crippen LogP contribution in [-0.2, 0) is 6.18 Å². The second-order valence-corrected chi connectivity index (χ2v) is 15.9. The summed E-state index contributed by atoms with van der Waals surface area (Å²) in [6.07, 6.45) is 2.93. The van der Waals surface area contributed by atoms with Crippen molar-refractivity contribution in [1.82, 2.24) is 24.7 Å². The third kappa shape index (κ3) is 7.54. The third-order valence-corrected chi connectivity index (χ3v) is 12.1. The molecule has 2 atom stereocenters. The van der Waals surface area contributed by atoms with Gasteiger partial charge in [-0.15, -0.1) is 11.3 Å². The summed E-state index contributed by atoms with van der Waals surface area (Å²) in [6, 6.07) is 5.05. The number of anilines is 2. The summed E-state index contributed by atoms with van der Waals surface area (Å²) in [4.78, 5) is 26.0. The third-order valence-electron chi connectivity index (χ3n) is 11.1. The number of likely N-dealkylation sites (tertiary alicyclic amines) is 2. The molecular weight excluding hydrogens is 747 g/mol. The number of carbonyl (C=O) groups is 1. The summed E-state index contributed by atoms with van der Waals surface area (Å²) >= 11 is 0.698. The molecule has 294 valence electrons. The highest BCUT2D eigenvalue weighted by Crippen LogP contribution is 2.53. The highest BCUT2D eigenvalue weighted by Gasteiger charge is 2.54. The maximum Gasteiger partial charge on any atom is 0.417 e. The molecule has 1 saturated carbocycles. The van der Waals surface area contributed by atoms with Crippen LogP contribution in [0.25, 0.3) is 32.1 Å². The number of rotatable bonds is 4. The fraction of sp³-hybridized carbons (Fsp3) is 0.526. The van der Waals surface area contributed by atoms with Crippen LogP contribution in [0.4, 0.5) is 42.0 Å². The van der Waals surface area contributed by atoms with Gasteiger partial charge in [-0.2, -0.15) is 28.4 Å². The molecule has 4 aromatic rings. The van der Waals surface area contributed by atoms with E-state index in [2.05, 4.69) is 20.2 Å². The minimum atomic E-state index is -5.00. The van der Waals surface area contributed by atoms with E-state index in [1.54, 1.807) is 13.0 Å². The molecule has 3 N–H and O–H groups in total. The molecule has 5 fully saturated rings. The van der Waals surface area contributed by atoms with E-state index >= 15 is 4.39 Å². The highest BCUT2D eigenvalue weighted by molar-refractivity contribution is 7.23. The lowest BCUT2D eigenvalue weighted by Crippen LogP contribution is -2.55. The smallest absolute Gasteiger partial charge is 0.417 e. The summed E-state index contributed by atoms with van der Waals surface area (Å²) in [6.45, 7) is 7.90. The fourth-order valence-corrected chi connectivity index (χ4v) is 9.07. The molecule has 10 nitrogen and oxygen atoms in total. The van der Waals surface area contributed by atoms with Crippen molar-refractivity contribution in [3.63, 3.8) is 0 Å². The number of ether oxygens (including phenoxy) is 1. The van der Waals surface area contributed by atoms with Crippen molar-refractivity contribution >= 4 is 49.2 Å². The Kier molecular flexibility index (Phi) is 10.7. The molecule has 6 heterocycles. The number of aromatic nitrogens is 2. The topological polar surface area (TPSA) is 124 Å². The number of halogens is 6. The molecule has 2 unspecified atom stereocenters. The summed E-state index contributed by atoms with van der Waals surface area (Å²) < 4.78 is 90.2. The van der Waals surface area contributed by atoms with Crippen molar-refractivity contribution in [2.24, 2.45) is 5.41 Å². The lowest BCUT2D eigenvalue weighted by molar-refractivity contribution is -0.137. The predicted molar refractivity (Wildman–Crippen MR) is 199 cm³/mol. The summed E-state index contributed by atoms with van der Waals surface area (Å²) in [7, 11) is 1.23. The van der Waals surface area contributed by atoms with Crippen LogP contribution in [0.1, 0.15) is 63.0 Å². The van der Waals surface area contributed by atoms with Crippen LogP contribution in [0.2, 0.25) is 0 Å². The number of alkyl halides is 4. The average Bonchev–Trinajstić information content (AvgIpc) is 3.47. The number of fused-ring (bicyclic) bond motifs is 3. The number of nitrogens with one attached hydrogen (secondary N) is 1. The van der Waals surface area contributed by atoms with Crippen molar-refractivity contribution in [3.05, 3.63) is 41.0 Å². The summed E-state index contributed by atoms with van der Waals surface area (Å²) in [5.41, 5.74) is 3.20. The van der Waals surface area contributed by atoms with E-state index in [1.165, 1.54) is 45.6 Å². The molecule has 5 aliphatic rings. The van der Waals surface area contributed by atoms with Gasteiger partial charge in [0.15, 0.2) is 5.82 Å². The lowest BCUT2D eigenvalue weighted by atomic mass is 9.92. The number of benzene rings is 2. The molecule has 55 heavy (non-hydrogen) atoms. The molecule has 4 aliphatic heterocycles. The monoisotopic (exact) mass is 788 g/mol. The van der Waals surface area contributed by atoms with Crippen molar-refractivity contribution in [1.29, 1.82) is 5.26 Å². The van der Waals surface area contributed by atoms with Crippen molar-refractivity contribution in [2.45, 2.75) is 70.3 Å². The Morgan fingerprint density at radius 3 is 2.47 bits per heavy atom. The molecule has 0 radical (unpaired) electrons. The van der Waals surface area contributed by atoms with Crippen molar-refractivity contribution < 1.29 is 35.9 Å². The van der Waals surface area contributed by atoms with Gasteiger partial charge in [0.1, 0.15) is 34.4 Å². The van der Waals surface area contributed by atoms with Crippen LogP contribution in [0.15, 0.2) is 18.2 Å². The van der Waals surface area contributed by atoms with E-state index in [0.29, 0.717) is 35.4 Å². The minimum absolute atomic E-state index is 0.0444. The van der Waals surface area contributed by atoms with Gasteiger partial charge in [0.2, 0.25) is 0 Å². The zero-order valence-corrected chi connectivity index (χ0v) is 31.4. The number of nitrogens with zero attached hydrogens (tertiary/aromatic N) is 6. The Morgan fingerprint density at radius 1 is 1.13 bits per heavy atom. The Hall–Kier alpha value is -4.56. The van der Waals surface area contributed by atoms with Crippen LogP contribution in [0.3, 0.4) is 0 Å². The van der Waals surface area contributed by atoms with Crippen LogP contribution in [0.5, 0.6) is 6.01 Å². The van der Waals surface area contributed by atoms with Crippen LogP contribution in [0, 0.1) is 28.4 Å². The van der Waals surface area contributed by atoms with E-state index in [1.807, 2.05) is 9.80 Å². The quantitative estimate of drug-likeness (QED) is 0.199. The zero-order valence-electron chi connectivity index (χ0n) is 30.5. The standard InChI is InChI=1S/C21H14F5N5OS.C10H16N2O.C7H12FN/c1-3-29-19-9-6-11(21(24,25)26)14(15(23)16(9)30-20(31-19)32-2)8-4-5-12(22)17-13(8)10(7-27)18(28)33-17;13-9(11-5-1-2-6-11)12-7-10(8-12)3-4-10;8-6-4-7-2-1-3-9(7)5-6/h4-6H,3,28H2,1-2H3,(H,29,30,31);1-8H2;6-7H,1-5H2. The lowest BCUT2D eigenvalue weighted by Gasteiger charge is -2.41. The molecule has 1 spiro atoms. The van der Waals surface area contributed by atoms with Gasteiger partial charge < -0.3 is 25.6 Å². The van der Waals surface area contributed by atoms with E-state index in [9.17, 15) is 32.0 Å². The minimum Gasteiger partial charge on any atom is -0.467 e. The Morgan fingerprint density at radius 2 is 1.85 bits per heavy atom. The second kappa shape index (κ2) is 15.2. The largest absolute Gasteiger partial charge is 0.467 e. The van der Waals surface area contributed by atoms with Gasteiger partial charge in [-0.1, -0.05) is 6.07 Å². The van der Waals surface area contributed by atoms with Crippen molar-refractivity contribution in [2.75, 3.05) is 64.0 Å². The van der Waals surface area contributed by atoms with Crippen LogP contribution >= 0.6 is 11.3 Å². The van der Waals surface area contributed by atoms with E-state index < -0.39 is 40.6 Å². The number of carbonyl (C=O) groups excluding carboxylic acids is 1. The first-order valence-electron chi connectivity index (χ1n) is 18.5. The SMILES string of the molecule is CCNc1nc(OC)nc2c(F)c(-c3ccc(F)c4sc(N)c(C#N)c34)c(C(F)(F)F)cc12.FC1CC2CCCN2C1.O=C(N1CCCC1)N1CC2(CC2)C1. The number of nitrogen functional groups attached to an aromatic ring is 1. The van der Waals surface area contributed by atoms with E-state index in [0.717, 1.165) is 57.3 Å². The molecule has 17 heteroatoms. The molecule has 4 saturated heterocycles. The number of nitriles is 1. The average molecular weight is 789 g/mol. The van der Waals surface area contributed by atoms with Gasteiger partial charge in [0.25, 0.3) is 0 Å². The van der Waals surface area contributed by atoms with Crippen LogP contribution < -0.4 is 15.8 Å². The van der Waals surface area contributed by atoms with E-state index in [4.69, 9.17) is 10.5 Å².